The summed E-state index contributed by atoms with van der Waals surface area (Å²) in [6, 6.07) is 3.52. The van der Waals surface area contributed by atoms with Crippen LogP contribution < -0.4 is 11.1 Å². The second-order valence-corrected chi connectivity index (χ2v) is 3.58. The van der Waals surface area contributed by atoms with E-state index in [4.69, 9.17) is 10.8 Å². The van der Waals surface area contributed by atoms with Crippen LogP contribution in [0.15, 0.2) is 18.2 Å². The molecule has 0 aliphatic rings. The van der Waals surface area contributed by atoms with Crippen LogP contribution >= 0.6 is 0 Å². The quantitative estimate of drug-likeness (QED) is 0.621. The molecule has 1 aromatic carbocycles. The fourth-order valence-corrected chi connectivity index (χ4v) is 1.30. The molecule has 0 saturated carbocycles. The molecule has 1 atom stereocenters. The number of halogens is 2. The average Bonchev–Trinajstić information content (AvgIpc) is 2.26. The van der Waals surface area contributed by atoms with Crippen LogP contribution in [-0.2, 0) is 6.42 Å². The van der Waals surface area contributed by atoms with Crippen molar-refractivity contribution in [3.8, 4) is 0 Å². The van der Waals surface area contributed by atoms with E-state index in [2.05, 4.69) is 5.32 Å². The zero-order valence-electron chi connectivity index (χ0n) is 8.92. The number of aliphatic hydroxyl groups is 1. The molecule has 1 unspecified atom stereocenters. The average molecular weight is 230 g/mol. The van der Waals surface area contributed by atoms with Gasteiger partial charge in [0.1, 0.15) is 11.6 Å². The third kappa shape index (κ3) is 4.22. The van der Waals surface area contributed by atoms with Gasteiger partial charge in [-0.2, -0.15) is 0 Å². The van der Waals surface area contributed by atoms with Gasteiger partial charge in [0.25, 0.3) is 0 Å². The smallest absolute Gasteiger partial charge is 0.129 e. The molecule has 16 heavy (non-hydrogen) atoms. The SMILES string of the molecule is NCC(O)CNCCc1ccc(F)cc1F. The summed E-state index contributed by atoms with van der Waals surface area (Å²) < 4.78 is 25.8. The van der Waals surface area contributed by atoms with Crippen molar-refractivity contribution in [2.24, 2.45) is 5.73 Å². The Morgan fingerprint density at radius 1 is 1.38 bits per heavy atom. The minimum atomic E-state index is -0.585. The fraction of sp³-hybridized carbons (Fsp3) is 0.455. The highest BCUT2D eigenvalue weighted by molar-refractivity contribution is 5.18. The summed E-state index contributed by atoms with van der Waals surface area (Å²) in [6.45, 7) is 1.08. The monoisotopic (exact) mass is 230 g/mol. The van der Waals surface area contributed by atoms with Gasteiger partial charge in [0, 0.05) is 19.2 Å². The zero-order chi connectivity index (χ0) is 12.0. The van der Waals surface area contributed by atoms with Crippen molar-refractivity contribution < 1.29 is 13.9 Å². The third-order valence-corrected chi connectivity index (χ3v) is 2.24. The first kappa shape index (κ1) is 13.0. The van der Waals surface area contributed by atoms with Crippen molar-refractivity contribution in [3.63, 3.8) is 0 Å². The second kappa shape index (κ2) is 6.52. The van der Waals surface area contributed by atoms with Crippen LogP contribution in [0.1, 0.15) is 5.56 Å². The second-order valence-electron chi connectivity index (χ2n) is 3.58. The van der Waals surface area contributed by atoms with E-state index in [1.54, 1.807) is 0 Å². The highest BCUT2D eigenvalue weighted by Gasteiger charge is 2.04. The van der Waals surface area contributed by atoms with E-state index in [-0.39, 0.29) is 6.54 Å². The summed E-state index contributed by atoms with van der Waals surface area (Å²) >= 11 is 0. The van der Waals surface area contributed by atoms with Gasteiger partial charge in [-0.25, -0.2) is 8.78 Å². The van der Waals surface area contributed by atoms with Crippen LogP contribution in [-0.4, -0.2) is 30.8 Å². The van der Waals surface area contributed by atoms with Crippen molar-refractivity contribution in [2.45, 2.75) is 12.5 Å². The maximum atomic E-state index is 13.2. The number of hydrogen-bond acceptors (Lipinski definition) is 3. The van der Waals surface area contributed by atoms with Crippen molar-refractivity contribution in [3.05, 3.63) is 35.4 Å². The lowest BCUT2D eigenvalue weighted by atomic mass is 10.1. The first-order valence-electron chi connectivity index (χ1n) is 5.16. The summed E-state index contributed by atoms with van der Waals surface area (Å²) in [6.07, 6.45) is -0.137. The van der Waals surface area contributed by atoms with E-state index in [0.29, 0.717) is 25.1 Å². The molecular weight excluding hydrogens is 214 g/mol. The van der Waals surface area contributed by atoms with E-state index in [1.165, 1.54) is 12.1 Å². The predicted molar refractivity (Wildman–Crippen MR) is 58.0 cm³/mol. The molecule has 5 heteroatoms. The van der Waals surface area contributed by atoms with Gasteiger partial charge in [0.15, 0.2) is 0 Å². The Hall–Kier alpha value is -1.04. The molecule has 90 valence electrons. The van der Waals surface area contributed by atoms with Crippen LogP contribution in [0.2, 0.25) is 0 Å². The summed E-state index contributed by atoms with van der Waals surface area (Å²) in [5.41, 5.74) is 5.67. The predicted octanol–water partition coefficient (Wildman–Crippen LogP) is 0.417. The van der Waals surface area contributed by atoms with Gasteiger partial charge in [-0.3, -0.25) is 0 Å². The van der Waals surface area contributed by atoms with Crippen molar-refractivity contribution in [1.29, 1.82) is 0 Å². The van der Waals surface area contributed by atoms with Gasteiger partial charge >= 0.3 is 0 Å². The molecule has 0 spiro atoms. The lowest BCUT2D eigenvalue weighted by Gasteiger charge is -2.09. The molecule has 0 fully saturated rings. The number of rotatable bonds is 6. The van der Waals surface area contributed by atoms with Gasteiger partial charge in [-0.1, -0.05) is 6.07 Å². The Bertz CT molecular complexity index is 334. The molecular formula is C11H16F2N2O. The molecule has 0 amide bonds. The molecule has 0 aliphatic carbocycles. The first-order chi connectivity index (χ1) is 7.63. The van der Waals surface area contributed by atoms with Crippen molar-refractivity contribution in [2.75, 3.05) is 19.6 Å². The molecule has 0 radical (unpaired) electrons. The molecule has 0 heterocycles. The van der Waals surface area contributed by atoms with Crippen molar-refractivity contribution >= 4 is 0 Å². The molecule has 3 nitrogen and oxygen atoms in total. The maximum Gasteiger partial charge on any atom is 0.129 e. The number of benzene rings is 1. The normalized spacial score (nSPS) is 12.8. The number of nitrogens with two attached hydrogens (primary N) is 1. The van der Waals surface area contributed by atoms with Crippen LogP contribution in [0, 0.1) is 11.6 Å². The van der Waals surface area contributed by atoms with Gasteiger partial charge in [-0.05, 0) is 24.6 Å². The topological polar surface area (TPSA) is 58.3 Å². The van der Waals surface area contributed by atoms with Crippen LogP contribution in [0.5, 0.6) is 0 Å². The number of hydrogen-bond donors (Lipinski definition) is 3. The van der Waals surface area contributed by atoms with Crippen molar-refractivity contribution in [1.82, 2.24) is 5.32 Å². The van der Waals surface area contributed by atoms with Crippen LogP contribution in [0.4, 0.5) is 8.78 Å². The van der Waals surface area contributed by atoms with Gasteiger partial charge in [0.05, 0.1) is 6.10 Å². The van der Waals surface area contributed by atoms with Gasteiger partial charge in [-0.15, -0.1) is 0 Å². The molecule has 0 bridgehead atoms. The highest BCUT2D eigenvalue weighted by atomic mass is 19.1. The molecule has 0 saturated heterocycles. The molecule has 1 aromatic rings. The van der Waals surface area contributed by atoms with E-state index in [9.17, 15) is 8.78 Å². The highest BCUT2D eigenvalue weighted by Crippen LogP contribution is 2.09. The standard InChI is InChI=1S/C11H16F2N2O/c12-9-2-1-8(11(13)5-9)3-4-15-7-10(16)6-14/h1-2,5,10,15-16H,3-4,6-7,14H2. The zero-order valence-corrected chi connectivity index (χ0v) is 8.92. The summed E-state index contributed by atoms with van der Waals surface area (Å²) in [4.78, 5) is 0. The summed E-state index contributed by atoms with van der Waals surface area (Å²) in [7, 11) is 0. The minimum absolute atomic E-state index is 0.192. The third-order valence-electron chi connectivity index (χ3n) is 2.24. The number of nitrogens with one attached hydrogen (secondary N) is 1. The Kier molecular flexibility index (Phi) is 5.31. The van der Waals surface area contributed by atoms with E-state index >= 15 is 0 Å². The van der Waals surface area contributed by atoms with Crippen LogP contribution in [0.3, 0.4) is 0 Å². The first-order valence-corrected chi connectivity index (χ1v) is 5.16. The van der Waals surface area contributed by atoms with Crippen LogP contribution in [0.25, 0.3) is 0 Å². The van der Waals surface area contributed by atoms with E-state index in [0.717, 1.165) is 6.07 Å². The number of aliphatic hydroxyl groups excluding tert-OH is 1. The molecule has 0 aliphatic heterocycles. The maximum absolute atomic E-state index is 13.2. The Balaban J connectivity index is 2.32. The fourth-order valence-electron chi connectivity index (χ4n) is 1.30. The molecule has 0 aromatic heterocycles. The van der Waals surface area contributed by atoms with E-state index < -0.39 is 17.7 Å². The molecule has 4 N–H and O–H groups in total. The summed E-state index contributed by atoms with van der Waals surface area (Å²) in [5, 5.41) is 12.1. The van der Waals surface area contributed by atoms with Gasteiger partial charge < -0.3 is 16.2 Å². The van der Waals surface area contributed by atoms with Gasteiger partial charge in [0.2, 0.25) is 0 Å². The minimum Gasteiger partial charge on any atom is -0.390 e. The Labute approximate surface area is 93.3 Å². The lowest BCUT2D eigenvalue weighted by molar-refractivity contribution is 0.180. The lowest BCUT2D eigenvalue weighted by Crippen LogP contribution is -2.33. The Morgan fingerprint density at radius 3 is 2.75 bits per heavy atom. The Morgan fingerprint density at radius 2 is 2.12 bits per heavy atom. The van der Waals surface area contributed by atoms with E-state index in [1.807, 2.05) is 0 Å². The summed E-state index contributed by atoms with van der Waals surface area (Å²) in [5.74, 6) is -1.12. The largest absolute Gasteiger partial charge is 0.390 e. The molecule has 1 rings (SSSR count).